The number of hydrazone groups is 1. The molecule has 8 nitrogen and oxygen atoms in total. The van der Waals surface area contributed by atoms with Crippen LogP contribution < -0.4 is 10.7 Å². The maximum atomic E-state index is 11.8. The van der Waals surface area contributed by atoms with E-state index < -0.39 is 11.9 Å². The molecule has 0 atom stereocenters. The van der Waals surface area contributed by atoms with Gasteiger partial charge in [-0.3, -0.25) is 9.59 Å². The first kappa shape index (κ1) is 13.7. The van der Waals surface area contributed by atoms with Crippen LogP contribution in [-0.4, -0.2) is 35.6 Å². The number of nitrogens with zero attached hydrogens (tertiary/aromatic N) is 2. The number of ether oxygens (including phenoxy) is 1. The van der Waals surface area contributed by atoms with Crippen molar-refractivity contribution >= 4 is 29.3 Å². The minimum atomic E-state index is -0.505. The van der Waals surface area contributed by atoms with Crippen molar-refractivity contribution < 1.29 is 19.1 Å². The lowest BCUT2D eigenvalue weighted by molar-refractivity contribution is -0.121. The second-order valence-corrected chi connectivity index (χ2v) is 3.97. The zero-order valence-electron chi connectivity index (χ0n) is 10.7. The van der Waals surface area contributed by atoms with Crippen LogP contribution in [0.2, 0.25) is 0 Å². The molecule has 1 aliphatic rings. The average Bonchev–Trinajstić information content (AvgIpc) is 2.48. The van der Waals surface area contributed by atoms with Crippen molar-refractivity contribution in [1.29, 1.82) is 0 Å². The Balaban J connectivity index is 2.01. The molecule has 2 N–H and O–H groups in total. The van der Waals surface area contributed by atoms with E-state index in [1.165, 1.54) is 25.4 Å². The van der Waals surface area contributed by atoms with Crippen molar-refractivity contribution in [3.8, 4) is 0 Å². The summed E-state index contributed by atoms with van der Waals surface area (Å²) in [6.45, 7) is 0. The molecule has 2 amide bonds. The zero-order chi connectivity index (χ0) is 14.5. The van der Waals surface area contributed by atoms with E-state index in [1.807, 2.05) is 0 Å². The lowest BCUT2D eigenvalue weighted by Gasteiger charge is -2.11. The van der Waals surface area contributed by atoms with Crippen LogP contribution in [0.3, 0.4) is 0 Å². The predicted octanol–water partition coefficient (Wildman–Crippen LogP) is 0.0727. The molecule has 0 unspecified atom stereocenters. The Morgan fingerprint density at radius 3 is 2.70 bits per heavy atom. The number of amides is 2. The van der Waals surface area contributed by atoms with Gasteiger partial charge < -0.3 is 10.1 Å². The monoisotopic (exact) mass is 276 g/mol. The summed E-state index contributed by atoms with van der Waals surface area (Å²) in [5.74, 6) is -0.887. The highest BCUT2D eigenvalue weighted by atomic mass is 16.5. The van der Waals surface area contributed by atoms with Crippen LogP contribution in [0.15, 0.2) is 23.4 Å². The molecule has 1 aromatic heterocycles. The number of nitrogens with one attached hydrogen (secondary N) is 2. The first-order chi connectivity index (χ1) is 9.60. The fourth-order valence-corrected chi connectivity index (χ4v) is 1.53. The summed E-state index contributed by atoms with van der Waals surface area (Å²) in [6.07, 6.45) is 1.80. The molecule has 2 rings (SSSR count). The Morgan fingerprint density at radius 2 is 2.15 bits per heavy atom. The summed E-state index contributed by atoms with van der Waals surface area (Å²) in [4.78, 5) is 37.9. The molecule has 1 aromatic rings. The van der Waals surface area contributed by atoms with Gasteiger partial charge in [-0.05, 0) is 12.1 Å². The van der Waals surface area contributed by atoms with Crippen molar-refractivity contribution in [2.24, 2.45) is 5.10 Å². The van der Waals surface area contributed by atoms with Gasteiger partial charge in [0.15, 0.2) is 0 Å². The number of rotatable bonds is 3. The predicted molar refractivity (Wildman–Crippen MR) is 69.0 cm³/mol. The quantitative estimate of drug-likeness (QED) is 0.759. The van der Waals surface area contributed by atoms with Crippen LogP contribution in [0.4, 0.5) is 5.82 Å². The van der Waals surface area contributed by atoms with Crippen molar-refractivity contribution in [3.05, 3.63) is 23.9 Å². The molecule has 0 fully saturated rings. The van der Waals surface area contributed by atoms with Crippen LogP contribution in [0.5, 0.6) is 0 Å². The molecule has 0 radical (unpaired) electrons. The minimum absolute atomic E-state index is 0.220. The van der Waals surface area contributed by atoms with E-state index in [0.29, 0.717) is 0 Å². The molecule has 0 aliphatic carbocycles. The maximum absolute atomic E-state index is 11.8. The number of anilines is 1. The van der Waals surface area contributed by atoms with E-state index in [9.17, 15) is 14.4 Å². The SMILES string of the molecule is COC(=O)c1ccc(NC(=O)C2=NNC(=O)CC2)nc1. The van der Waals surface area contributed by atoms with Crippen LogP contribution in [0, 0.1) is 0 Å². The number of methoxy groups -OCH3 is 1. The van der Waals surface area contributed by atoms with E-state index in [-0.39, 0.29) is 35.8 Å². The van der Waals surface area contributed by atoms with Gasteiger partial charge in [-0.2, -0.15) is 5.10 Å². The average molecular weight is 276 g/mol. The van der Waals surface area contributed by atoms with Crippen molar-refractivity contribution in [2.75, 3.05) is 12.4 Å². The van der Waals surface area contributed by atoms with Crippen molar-refractivity contribution in [3.63, 3.8) is 0 Å². The van der Waals surface area contributed by atoms with E-state index >= 15 is 0 Å². The summed E-state index contributed by atoms with van der Waals surface area (Å²) in [5.41, 5.74) is 2.75. The highest BCUT2D eigenvalue weighted by molar-refractivity contribution is 6.43. The Labute approximate surface area is 114 Å². The Morgan fingerprint density at radius 1 is 1.35 bits per heavy atom. The summed E-state index contributed by atoms with van der Waals surface area (Å²) >= 11 is 0. The molecule has 0 bridgehead atoms. The van der Waals surface area contributed by atoms with Gasteiger partial charge in [0.05, 0.1) is 12.7 Å². The van der Waals surface area contributed by atoms with Gasteiger partial charge in [-0.25, -0.2) is 15.2 Å². The third-order valence-corrected chi connectivity index (χ3v) is 2.59. The molecule has 1 aliphatic heterocycles. The van der Waals surface area contributed by atoms with Crippen LogP contribution in [0.25, 0.3) is 0 Å². The third kappa shape index (κ3) is 3.16. The largest absolute Gasteiger partial charge is 0.465 e. The van der Waals surface area contributed by atoms with Gasteiger partial charge in [-0.15, -0.1) is 0 Å². The third-order valence-electron chi connectivity index (χ3n) is 2.59. The fourth-order valence-electron chi connectivity index (χ4n) is 1.53. The second-order valence-electron chi connectivity index (χ2n) is 3.97. The fraction of sp³-hybridized carbons (Fsp3) is 0.250. The van der Waals surface area contributed by atoms with E-state index in [1.54, 1.807) is 0 Å². The Hall–Kier alpha value is -2.77. The van der Waals surface area contributed by atoms with E-state index in [0.717, 1.165) is 0 Å². The summed E-state index contributed by atoms with van der Waals surface area (Å²) < 4.78 is 4.54. The van der Waals surface area contributed by atoms with Crippen LogP contribution >= 0.6 is 0 Å². The van der Waals surface area contributed by atoms with E-state index in [2.05, 4.69) is 25.6 Å². The number of esters is 1. The highest BCUT2D eigenvalue weighted by Gasteiger charge is 2.18. The molecular weight excluding hydrogens is 264 g/mol. The molecule has 2 heterocycles. The summed E-state index contributed by atoms with van der Waals surface area (Å²) in [7, 11) is 1.27. The minimum Gasteiger partial charge on any atom is -0.465 e. The number of carbonyl (C=O) groups excluding carboxylic acids is 3. The summed E-state index contributed by atoms with van der Waals surface area (Å²) in [6, 6.07) is 2.96. The molecule has 0 aromatic carbocycles. The van der Waals surface area contributed by atoms with Gasteiger partial charge in [0.1, 0.15) is 11.5 Å². The van der Waals surface area contributed by atoms with Gasteiger partial charge in [0.2, 0.25) is 5.91 Å². The maximum Gasteiger partial charge on any atom is 0.339 e. The number of hydrogen-bond acceptors (Lipinski definition) is 6. The van der Waals surface area contributed by atoms with E-state index in [4.69, 9.17) is 0 Å². The first-order valence-corrected chi connectivity index (χ1v) is 5.81. The number of hydrogen-bond donors (Lipinski definition) is 2. The number of carbonyl (C=O) groups is 3. The van der Waals surface area contributed by atoms with Gasteiger partial charge >= 0.3 is 5.97 Å². The smallest absolute Gasteiger partial charge is 0.339 e. The molecule has 20 heavy (non-hydrogen) atoms. The van der Waals surface area contributed by atoms with Crippen molar-refractivity contribution in [1.82, 2.24) is 10.4 Å². The normalized spacial score (nSPS) is 14.1. The van der Waals surface area contributed by atoms with Gasteiger partial charge in [0.25, 0.3) is 5.91 Å². The highest BCUT2D eigenvalue weighted by Crippen LogP contribution is 2.08. The number of aromatic nitrogens is 1. The van der Waals surface area contributed by atoms with Gasteiger partial charge in [-0.1, -0.05) is 0 Å². The zero-order valence-corrected chi connectivity index (χ0v) is 10.7. The van der Waals surface area contributed by atoms with Crippen molar-refractivity contribution in [2.45, 2.75) is 12.8 Å². The Bertz CT molecular complexity index is 580. The topological polar surface area (TPSA) is 110 Å². The van der Waals surface area contributed by atoms with Crippen LogP contribution in [0.1, 0.15) is 23.2 Å². The van der Waals surface area contributed by atoms with Gasteiger partial charge in [0, 0.05) is 19.0 Å². The van der Waals surface area contributed by atoms with Crippen LogP contribution in [-0.2, 0) is 14.3 Å². The molecule has 0 saturated heterocycles. The molecule has 0 saturated carbocycles. The second kappa shape index (κ2) is 5.91. The lowest BCUT2D eigenvalue weighted by Crippen LogP contribution is -2.32. The molecule has 0 spiro atoms. The first-order valence-electron chi connectivity index (χ1n) is 5.81. The molecular formula is C12H12N4O4. The number of pyridine rings is 1. The molecule has 8 heteroatoms. The standard InChI is InChI=1S/C12H12N4O4/c1-20-12(19)7-2-4-9(13-6-7)14-11(18)8-3-5-10(17)16-15-8/h2,4,6H,3,5H2,1H3,(H,16,17)(H,13,14,18). The lowest BCUT2D eigenvalue weighted by atomic mass is 10.1. The molecule has 104 valence electrons. The Kier molecular flexibility index (Phi) is 4.04. The summed E-state index contributed by atoms with van der Waals surface area (Å²) in [5, 5.41) is 6.20.